The van der Waals surface area contributed by atoms with Crippen LogP contribution in [0.5, 0.6) is 0 Å². The van der Waals surface area contributed by atoms with Crippen LogP contribution in [0.25, 0.3) is 11.0 Å². The van der Waals surface area contributed by atoms with Gasteiger partial charge in [-0.3, -0.25) is 4.79 Å². The van der Waals surface area contributed by atoms with Crippen molar-refractivity contribution >= 4 is 40.4 Å². The number of hydrogen-bond donors (Lipinski definition) is 2. The highest BCUT2D eigenvalue weighted by atomic mass is 32.2. The fourth-order valence-corrected chi connectivity index (χ4v) is 4.32. The minimum Gasteiger partial charge on any atom is -0.386 e. The van der Waals surface area contributed by atoms with Gasteiger partial charge in [0.25, 0.3) is 5.91 Å². The Morgan fingerprint density at radius 3 is 2.63 bits per heavy atom. The summed E-state index contributed by atoms with van der Waals surface area (Å²) >= 11 is 2.60. The Kier molecular flexibility index (Phi) is 5.80. The highest BCUT2D eigenvalue weighted by molar-refractivity contribution is 7.99. The Balaban J connectivity index is 1.46. The lowest BCUT2D eigenvalue weighted by Crippen LogP contribution is -2.23. The van der Waals surface area contributed by atoms with Gasteiger partial charge >= 0.3 is 0 Å². The first kappa shape index (κ1) is 20.5. The summed E-state index contributed by atoms with van der Waals surface area (Å²) in [7, 11) is 0. The number of nitrogens with one attached hydrogen (secondary N) is 1. The summed E-state index contributed by atoms with van der Waals surface area (Å²) in [6.07, 6.45) is 1.68. The van der Waals surface area contributed by atoms with Crippen LogP contribution in [0.2, 0.25) is 0 Å². The molecule has 0 unspecified atom stereocenters. The van der Waals surface area contributed by atoms with Crippen LogP contribution in [0, 0.1) is 0 Å². The van der Waals surface area contributed by atoms with Crippen molar-refractivity contribution in [1.29, 1.82) is 0 Å². The molecule has 6 nitrogen and oxygen atoms in total. The standard InChI is InChI=1S/C22H20N4O2S2/c1-22(2,28)15-7-5-14(6-8-15)13-24-20(27)17-4-3-11-23-21(17)29-16-9-10-18-19(12-16)26-30-25-18/h3-12,28H,13H2,1-2H3,(H,24,27). The van der Waals surface area contributed by atoms with E-state index in [2.05, 4.69) is 19.0 Å². The number of amides is 1. The number of aliphatic hydroxyl groups is 1. The second-order valence-corrected chi connectivity index (χ2v) is 8.90. The molecule has 8 heteroatoms. The van der Waals surface area contributed by atoms with Gasteiger partial charge in [-0.2, -0.15) is 8.75 Å². The van der Waals surface area contributed by atoms with Crippen molar-refractivity contribution in [3.05, 3.63) is 77.5 Å². The number of carbonyl (C=O) groups is 1. The first-order valence-corrected chi connectivity index (χ1v) is 10.9. The molecule has 4 rings (SSSR count). The second kappa shape index (κ2) is 8.51. The number of fused-ring (bicyclic) bond motifs is 1. The molecule has 0 aliphatic carbocycles. The fourth-order valence-electron chi connectivity index (χ4n) is 2.89. The van der Waals surface area contributed by atoms with Gasteiger partial charge < -0.3 is 10.4 Å². The average molecular weight is 437 g/mol. The molecule has 0 bridgehead atoms. The van der Waals surface area contributed by atoms with E-state index in [0.717, 1.165) is 27.1 Å². The van der Waals surface area contributed by atoms with Gasteiger partial charge in [0.15, 0.2) is 0 Å². The van der Waals surface area contributed by atoms with Crippen molar-refractivity contribution in [2.45, 2.75) is 35.9 Å². The lowest BCUT2D eigenvalue weighted by molar-refractivity contribution is 0.0785. The van der Waals surface area contributed by atoms with Crippen LogP contribution in [0.1, 0.15) is 35.3 Å². The predicted octanol–water partition coefficient (Wildman–Crippen LogP) is 4.39. The Morgan fingerprint density at radius 2 is 1.87 bits per heavy atom. The van der Waals surface area contributed by atoms with Gasteiger partial charge in [-0.1, -0.05) is 36.0 Å². The number of carbonyl (C=O) groups excluding carboxylic acids is 1. The molecule has 2 heterocycles. The van der Waals surface area contributed by atoms with Gasteiger partial charge in [0, 0.05) is 17.6 Å². The lowest BCUT2D eigenvalue weighted by atomic mass is 9.97. The Bertz CT molecular complexity index is 1180. The Morgan fingerprint density at radius 1 is 1.10 bits per heavy atom. The minimum atomic E-state index is -0.888. The molecule has 4 aromatic rings. The molecule has 2 N–H and O–H groups in total. The van der Waals surface area contributed by atoms with E-state index in [0.29, 0.717) is 17.1 Å². The third kappa shape index (κ3) is 4.67. The predicted molar refractivity (Wildman–Crippen MR) is 119 cm³/mol. The Labute approximate surface area is 182 Å². The van der Waals surface area contributed by atoms with Crippen molar-refractivity contribution < 1.29 is 9.90 Å². The highest BCUT2D eigenvalue weighted by Crippen LogP contribution is 2.30. The molecule has 152 valence electrons. The van der Waals surface area contributed by atoms with Gasteiger partial charge in [-0.25, -0.2) is 4.98 Å². The lowest BCUT2D eigenvalue weighted by Gasteiger charge is -2.18. The normalized spacial score (nSPS) is 11.6. The van der Waals surface area contributed by atoms with Crippen molar-refractivity contribution in [2.75, 3.05) is 0 Å². The van der Waals surface area contributed by atoms with Crippen molar-refractivity contribution in [3.63, 3.8) is 0 Å². The molecule has 0 spiro atoms. The van der Waals surface area contributed by atoms with Crippen molar-refractivity contribution in [3.8, 4) is 0 Å². The topological polar surface area (TPSA) is 88.0 Å². The number of nitrogens with zero attached hydrogens (tertiary/aromatic N) is 3. The van der Waals surface area contributed by atoms with Gasteiger partial charge in [0.2, 0.25) is 0 Å². The molecule has 0 saturated carbocycles. The number of rotatable bonds is 6. The molecular formula is C22H20N4O2S2. The van der Waals surface area contributed by atoms with Gasteiger partial charge in [0.05, 0.1) is 22.9 Å². The highest BCUT2D eigenvalue weighted by Gasteiger charge is 2.16. The van der Waals surface area contributed by atoms with Crippen LogP contribution in [-0.2, 0) is 12.1 Å². The van der Waals surface area contributed by atoms with Crippen LogP contribution < -0.4 is 5.32 Å². The summed E-state index contributed by atoms with van der Waals surface area (Å²) in [5.74, 6) is -0.187. The van der Waals surface area contributed by atoms with Crippen molar-refractivity contribution in [2.24, 2.45) is 0 Å². The first-order valence-electron chi connectivity index (χ1n) is 9.35. The third-order valence-corrected chi connectivity index (χ3v) is 6.13. The van der Waals surface area contributed by atoms with Crippen LogP contribution in [0.3, 0.4) is 0 Å². The number of benzene rings is 2. The van der Waals surface area contributed by atoms with Crippen LogP contribution in [0.4, 0.5) is 0 Å². The van der Waals surface area contributed by atoms with E-state index in [1.807, 2.05) is 42.5 Å². The van der Waals surface area contributed by atoms with Crippen LogP contribution in [-0.4, -0.2) is 24.7 Å². The molecule has 0 saturated heterocycles. The maximum Gasteiger partial charge on any atom is 0.254 e. The molecule has 0 atom stereocenters. The molecule has 30 heavy (non-hydrogen) atoms. The minimum absolute atomic E-state index is 0.187. The number of aromatic nitrogens is 3. The third-order valence-electron chi connectivity index (χ3n) is 4.57. The van der Waals surface area contributed by atoms with E-state index in [4.69, 9.17) is 0 Å². The maximum atomic E-state index is 12.8. The summed E-state index contributed by atoms with van der Waals surface area (Å²) in [6.45, 7) is 3.88. The SMILES string of the molecule is CC(C)(O)c1ccc(CNC(=O)c2cccnc2Sc2ccc3nsnc3c2)cc1. The molecule has 2 aromatic carbocycles. The van der Waals surface area contributed by atoms with E-state index in [1.165, 1.54) is 23.5 Å². The summed E-state index contributed by atoms with van der Waals surface area (Å²) in [5, 5.41) is 13.6. The number of hydrogen-bond acceptors (Lipinski definition) is 7. The zero-order valence-electron chi connectivity index (χ0n) is 16.5. The quantitative estimate of drug-likeness (QED) is 0.466. The van der Waals surface area contributed by atoms with E-state index < -0.39 is 5.60 Å². The molecule has 0 aliphatic heterocycles. The van der Waals surface area contributed by atoms with Crippen LogP contribution >= 0.6 is 23.5 Å². The van der Waals surface area contributed by atoms with Crippen molar-refractivity contribution in [1.82, 2.24) is 19.0 Å². The van der Waals surface area contributed by atoms with Crippen LogP contribution in [0.15, 0.2) is 70.7 Å². The summed E-state index contributed by atoms with van der Waals surface area (Å²) in [4.78, 5) is 18.1. The van der Waals surface area contributed by atoms with E-state index in [-0.39, 0.29) is 5.91 Å². The van der Waals surface area contributed by atoms with E-state index >= 15 is 0 Å². The average Bonchev–Trinajstić information content (AvgIpc) is 3.20. The maximum absolute atomic E-state index is 12.8. The molecular weight excluding hydrogens is 416 g/mol. The Hall–Kier alpha value is -2.81. The summed E-state index contributed by atoms with van der Waals surface area (Å²) < 4.78 is 8.48. The molecule has 0 fully saturated rings. The fraction of sp³-hybridized carbons (Fsp3) is 0.182. The van der Waals surface area contributed by atoms with E-state index in [1.54, 1.807) is 32.2 Å². The molecule has 2 aromatic heterocycles. The van der Waals surface area contributed by atoms with Gasteiger partial charge in [-0.05, 0) is 55.3 Å². The van der Waals surface area contributed by atoms with E-state index in [9.17, 15) is 9.90 Å². The van der Waals surface area contributed by atoms with Gasteiger partial charge in [-0.15, -0.1) is 0 Å². The zero-order chi connectivity index (χ0) is 21.1. The molecule has 0 aliphatic rings. The first-order chi connectivity index (χ1) is 14.4. The monoisotopic (exact) mass is 436 g/mol. The largest absolute Gasteiger partial charge is 0.386 e. The second-order valence-electron chi connectivity index (χ2n) is 7.31. The number of pyridine rings is 1. The molecule has 1 amide bonds. The summed E-state index contributed by atoms with van der Waals surface area (Å²) in [6, 6.07) is 16.9. The molecule has 0 radical (unpaired) electrons. The zero-order valence-corrected chi connectivity index (χ0v) is 18.1. The van der Waals surface area contributed by atoms with Gasteiger partial charge in [0.1, 0.15) is 16.1 Å². The smallest absolute Gasteiger partial charge is 0.254 e. The summed E-state index contributed by atoms with van der Waals surface area (Å²) in [5.41, 5.74) is 3.11.